The number of aliphatic hydroxyl groups excluding tert-OH is 1. The third-order valence-corrected chi connectivity index (χ3v) is 1.25. The highest BCUT2D eigenvalue weighted by Gasteiger charge is 1.98. The highest BCUT2D eigenvalue weighted by molar-refractivity contribution is 6.30. The lowest BCUT2D eigenvalue weighted by Crippen LogP contribution is -2.11. The summed E-state index contributed by atoms with van der Waals surface area (Å²) in [5, 5.41) is 13.4. The molecule has 0 aromatic carbocycles. The molecule has 0 saturated carbocycles. The van der Waals surface area contributed by atoms with Gasteiger partial charge in [0.25, 0.3) is 0 Å². The van der Waals surface area contributed by atoms with Crippen LogP contribution in [0, 0.1) is 0 Å². The smallest absolute Gasteiger partial charge is 0.0785 e. The average Bonchev–Trinajstić information content (AvgIpc) is 2.13. The topological polar surface area (TPSA) is 38.0 Å². The molecule has 1 N–H and O–H groups in total. The lowest BCUT2D eigenvalue weighted by molar-refractivity contribution is 0.168. The molecular weight excluding hydrogens is 152 g/mol. The van der Waals surface area contributed by atoms with E-state index in [1.165, 1.54) is 0 Å². The van der Waals surface area contributed by atoms with E-state index in [1.54, 1.807) is 24.0 Å². The Labute approximate surface area is 64.2 Å². The SMILES string of the molecule is C[C@@H](O)Cn1cc(Cl)cn1. The van der Waals surface area contributed by atoms with Crippen LogP contribution >= 0.6 is 11.6 Å². The molecule has 10 heavy (non-hydrogen) atoms. The van der Waals surface area contributed by atoms with Crippen molar-refractivity contribution in [2.45, 2.75) is 19.6 Å². The number of hydrogen-bond acceptors (Lipinski definition) is 2. The van der Waals surface area contributed by atoms with Crippen molar-refractivity contribution in [2.24, 2.45) is 0 Å². The number of halogens is 1. The van der Waals surface area contributed by atoms with Gasteiger partial charge in [-0.3, -0.25) is 4.68 Å². The van der Waals surface area contributed by atoms with Gasteiger partial charge in [-0.25, -0.2) is 0 Å². The zero-order valence-corrected chi connectivity index (χ0v) is 6.41. The molecular formula is C6H9ClN2O. The Morgan fingerprint density at radius 1 is 1.90 bits per heavy atom. The Morgan fingerprint density at radius 3 is 3.00 bits per heavy atom. The summed E-state index contributed by atoms with van der Waals surface area (Å²) in [5.41, 5.74) is 0. The van der Waals surface area contributed by atoms with Crippen molar-refractivity contribution in [2.75, 3.05) is 0 Å². The van der Waals surface area contributed by atoms with Crippen molar-refractivity contribution in [3.8, 4) is 0 Å². The van der Waals surface area contributed by atoms with Crippen molar-refractivity contribution >= 4 is 11.6 Å². The molecule has 4 heteroatoms. The molecule has 0 radical (unpaired) electrons. The summed E-state index contributed by atoms with van der Waals surface area (Å²) in [6, 6.07) is 0. The fourth-order valence-electron chi connectivity index (χ4n) is 0.709. The molecule has 0 spiro atoms. The monoisotopic (exact) mass is 160 g/mol. The van der Waals surface area contributed by atoms with Crippen LogP contribution in [0.2, 0.25) is 5.02 Å². The van der Waals surface area contributed by atoms with Gasteiger partial charge in [0.05, 0.1) is 23.9 Å². The fourth-order valence-corrected chi connectivity index (χ4v) is 0.865. The molecule has 1 atom stereocenters. The summed E-state index contributed by atoms with van der Waals surface area (Å²) < 4.78 is 1.60. The third kappa shape index (κ3) is 2.01. The van der Waals surface area contributed by atoms with E-state index in [9.17, 15) is 0 Å². The highest BCUT2D eigenvalue weighted by atomic mass is 35.5. The van der Waals surface area contributed by atoms with Crippen LogP contribution in [0.15, 0.2) is 12.4 Å². The van der Waals surface area contributed by atoms with Crippen molar-refractivity contribution < 1.29 is 5.11 Å². The van der Waals surface area contributed by atoms with Gasteiger partial charge >= 0.3 is 0 Å². The van der Waals surface area contributed by atoms with Crippen LogP contribution in [0.25, 0.3) is 0 Å². The van der Waals surface area contributed by atoms with Gasteiger partial charge in [-0.05, 0) is 6.92 Å². The summed E-state index contributed by atoms with van der Waals surface area (Å²) in [5.74, 6) is 0. The van der Waals surface area contributed by atoms with Crippen molar-refractivity contribution in [1.82, 2.24) is 9.78 Å². The zero-order valence-electron chi connectivity index (χ0n) is 5.66. The van der Waals surface area contributed by atoms with Gasteiger partial charge in [0, 0.05) is 6.20 Å². The first-order valence-corrected chi connectivity index (χ1v) is 3.42. The minimum atomic E-state index is -0.379. The number of aromatic nitrogens is 2. The largest absolute Gasteiger partial charge is 0.391 e. The summed E-state index contributed by atoms with van der Waals surface area (Å²) in [6.07, 6.45) is 2.84. The summed E-state index contributed by atoms with van der Waals surface area (Å²) in [6.45, 7) is 2.20. The number of aliphatic hydroxyl groups is 1. The standard InChI is InChI=1S/C6H9ClN2O/c1-5(10)3-9-4-6(7)2-8-9/h2,4-5,10H,3H2,1H3/t5-/m1/s1. The third-order valence-electron chi connectivity index (χ3n) is 1.05. The first-order chi connectivity index (χ1) is 4.68. The number of rotatable bonds is 2. The fraction of sp³-hybridized carbons (Fsp3) is 0.500. The maximum Gasteiger partial charge on any atom is 0.0785 e. The lowest BCUT2D eigenvalue weighted by atomic mass is 10.4. The molecule has 56 valence electrons. The molecule has 0 aliphatic carbocycles. The molecule has 3 nitrogen and oxygen atoms in total. The van der Waals surface area contributed by atoms with Crippen LogP contribution in [0.1, 0.15) is 6.92 Å². The Morgan fingerprint density at radius 2 is 2.60 bits per heavy atom. The number of nitrogens with zero attached hydrogens (tertiary/aromatic N) is 2. The minimum Gasteiger partial charge on any atom is -0.391 e. The Kier molecular flexibility index (Phi) is 2.29. The first-order valence-electron chi connectivity index (χ1n) is 3.04. The second-order valence-electron chi connectivity index (χ2n) is 2.23. The Bertz CT molecular complexity index is 209. The second kappa shape index (κ2) is 3.03. The van der Waals surface area contributed by atoms with Gasteiger partial charge in [0.2, 0.25) is 0 Å². The van der Waals surface area contributed by atoms with Crippen LogP contribution in [-0.2, 0) is 6.54 Å². The molecule has 0 unspecified atom stereocenters. The minimum absolute atomic E-state index is 0.379. The molecule has 1 rings (SSSR count). The van der Waals surface area contributed by atoms with E-state index in [1.807, 2.05) is 0 Å². The molecule has 0 aliphatic heterocycles. The van der Waals surface area contributed by atoms with Crippen molar-refractivity contribution in [3.05, 3.63) is 17.4 Å². The van der Waals surface area contributed by atoms with Crippen LogP contribution in [-0.4, -0.2) is 21.0 Å². The van der Waals surface area contributed by atoms with E-state index in [0.717, 1.165) is 0 Å². The van der Waals surface area contributed by atoms with Crippen LogP contribution in [0.5, 0.6) is 0 Å². The maximum atomic E-state index is 8.91. The summed E-state index contributed by atoms with van der Waals surface area (Å²) >= 11 is 5.58. The van der Waals surface area contributed by atoms with Gasteiger partial charge in [0.15, 0.2) is 0 Å². The molecule has 0 aliphatic rings. The van der Waals surface area contributed by atoms with Gasteiger partial charge in [-0.2, -0.15) is 5.10 Å². The second-order valence-corrected chi connectivity index (χ2v) is 2.67. The van der Waals surface area contributed by atoms with E-state index in [4.69, 9.17) is 16.7 Å². The van der Waals surface area contributed by atoms with E-state index in [2.05, 4.69) is 5.10 Å². The van der Waals surface area contributed by atoms with Gasteiger partial charge in [0.1, 0.15) is 0 Å². The van der Waals surface area contributed by atoms with E-state index in [-0.39, 0.29) is 6.10 Å². The predicted octanol–water partition coefficient (Wildman–Crippen LogP) is 0.917. The molecule has 0 amide bonds. The van der Waals surface area contributed by atoms with E-state index in [0.29, 0.717) is 11.6 Å². The Hall–Kier alpha value is -0.540. The summed E-state index contributed by atoms with van der Waals surface area (Å²) in [7, 11) is 0. The zero-order chi connectivity index (χ0) is 7.56. The molecule has 0 saturated heterocycles. The van der Waals surface area contributed by atoms with Crippen molar-refractivity contribution in [1.29, 1.82) is 0 Å². The summed E-state index contributed by atoms with van der Waals surface area (Å²) in [4.78, 5) is 0. The molecule has 1 heterocycles. The molecule has 0 fully saturated rings. The van der Waals surface area contributed by atoms with Gasteiger partial charge in [-0.15, -0.1) is 0 Å². The van der Waals surface area contributed by atoms with Gasteiger partial charge < -0.3 is 5.11 Å². The van der Waals surface area contributed by atoms with Crippen LogP contribution < -0.4 is 0 Å². The predicted molar refractivity (Wildman–Crippen MR) is 38.9 cm³/mol. The number of hydrogen-bond donors (Lipinski definition) is 1. The lowest BCUT2D eigenvalue weighted by Gasteiger charge is -2.01. The molecule has 1 aromatic heterocycles. The quantitative estimate of drug-likeness (QED) is 0.699. The van der Waals surface area contributed by atoms with E-state index < -0.39 is 0 Å². The highest BCUT2D eigenvalue weighted by Crippen LogP contribution is 2.04. The van der Waals surface area contributed by atoms with Gasteiger partial charge in [-0.1, -0.05) is 11.6 Å². The van der Waals surface area contributed by atoms with Crippen LogP contribution in [0.3, 0.4) is 0 Å². The normalized spacial score (nSPS) is 13.5. The average molecular weight is 161 g/mol. The first kappa shape index (κ1) is 7.57. The molecule has 1 aromatic rings. The molecule has 0 bridgehead atoms. The van der Waals surface area contributed by atoms with Crippen LogP contribution in [0.4, 0.5) is 0 Å². The van der Waals surface area contributed by atoms with E-state index >= 15 is 0 Å². The van der Waals surface area contributed by atoms with Crippen molar-refractivity contribution in [3.63, 3.8) is 0 Å². The maximum absolute atomic E-state index is 8.91. The Balaban J connectivity index is 2.58.